The molecule has 11 nitrogen and oxygen atoms in total. The van der Waals surface area contributed by atoms with E-state index in [9.17, 15) is 19.2 Å². The van der Waals surface area contributed by atoms with E-state index in [1.54, 1.807) is 24.3 Å². The Labute approximate surface area is 218 Å². The van der Waals surface area contributed by atoms with Gasteiger partial charge in [0.05, 0.1) is 39.6 Å². The van der Waals surface area contributed by atoms with E-state index in [-0.39, 0.29) is 34.0 Å². The Morgan fingerprint density at radius 2 is 1.03 bits per heavy atom. The zero-order valence-electron chi connectivity index (χ0n) is 21.1. The maximum absolute atomic E-state index is 12.6. The Hall–Kier alpha value is -4.93. The highest BCUT2D eigenvalue weighted by molar-refractivity contribution is 6.02. The van der Waals surface area contributed by atoms with Crippen LogP contribution in [0.15, 0.2) is 54.6 Å². The van der Waals surface area contributed by atoms with Crippen molar-refractivity contribution in [1.29, 1.82) is 0 Å². The van der Waals surface area contributed by atoms with Crippen LogP contribution in [0.25, 0.3) is 0 Å². The normalized spacial score (nSPS) is 10.2. The summed E-state index contributed by atoms with van der Waals surface area (Å²) in [5.74, 6) is -1.51. The minimum atomic E-state index is -0.938. The van der Waals surface area contributed by atoms with E-state index < -0.39 is 36.7 Å². The molecule has 3 rings (SSSR count). The van der Waals surface area contributed by atoms with Crippen LogP contribution in [0.2, 0.25) is 0 Å². The summed E-state index contributed by atoms with van der Waals surface area (Å²) < 4.78 is 30.7. The lowest BCUT2D eigenvalue weighted by Crippen LogP contribution is -2.19. The van der Waals surface area contributed by atoms with Crippen molar-refractivity contribution in [2.75, 3.05) is 41.7 Å². The topological polar surface area (TPSA) is 137 Å². The van der Waals surface area contributed by atoms with Gasteiger partial charge >= 0.3 is 11.9 Å². The number of Topliss-reactive ketones (excluding diaryl/α,β-unsaturated/α-hetero) is 2. The number of esters is 2. The molecule has 11 heteroatoms. The Kier molecular flexibility index (Phi) is 9.36. The standard InChI is InChI=1S/C27H25NO10/c1-33-16-8-10-24(35-3)18(12-16)22(29)14-37-26(31)20-6-5-7-21(28-20)27(32)38-15-23(30)19-13-17(34-2)9-11-25(19)36-4/h5-13H,14-15H2,1-4H3. The summed E-state index contributed by atoms with van der Waals surface area (Å²) in [6, 6.07) is 13.3. The summed E-state index contributed by atoms with van der Waals surface area (Å²) >= 11 is 0. The zero-order chi connectivity index (χ0) is 27.7. The van der Waals surface area contributed by atoms with Crippen LogP contribution in [-0.4, -0.2) is 70.1 Å². The highest BCUT2D eigenvalue weighted by atomic mass is 16.5. The van der Waals surface area contributed by atoms with Crippen molar-refractivity contribution in [3.63, 3.8) is 0 Å². The number of carbonyl (C=O) groups is 4. The van der Waals surface area contributed by atoms with Gasteiger partial charge in [0.15, 0.2) is 13.2 Å². The molecule has 1 heterocycles. The number of rotatable bonds is 12. The van der Waals surface area contributed by atoms with Crippen LogP contribution in [0, 0.1) is 0 Å². The lowest BCUT2D eigenvalue weighted by molar-refractivity contribution is 0.0455. The van der Waals surface area contributed by atoms with Gasteiger partial charge in [-0.3, -0.25) is 9.59 Å². The molecule has 0 aliphatic rings. The van der Waals surface area contributed by atoms with Crippen molar-refractivity contribution < 1.29 is 47.6 Å². The predicted molar refractivity (Wildman–Crippen MR) is 133 cm³/mol. The molecule has 2 aromatic carbocycles. The summed E-state index contributed by atoms with van der Waals surface area (Å²) in [5.41, 5.74) is -0.124. The van der Waals surface area contributed by atoms with Gasteiger partial charge < -0.3 is 28.4 Å². The maximum atomic E-state index is 12.6. The molecule has 0 aliphatic carbocycles. The fourth-order valence-corrected chi connectivity index (χ4v) is 3.29. The van der Waals surface area contributed by atoms with Gasteiger partial charge in [-0.1, -0.05) is 6.07 Å². The first kappa shape index (κ1) is 27.7. The Morgan fingerprint density at radius 1 is 0.605 bits per heavy atom. The Bertz CT molecular complexity index is 1250. The van der Waals surface area contributed by atoms with E-state index in [1.807, 2.05) is 0 Å². The van der Waals surface area contributed by atoms with Crippen molar-refractivity contribution in [1.82, 2.24) is 4.98 Å². The molecule has 0 spiro atoms. The molecule has 0 atom stereocenters. The lowest BCUT2D eigenvalue weighted by Gasteiger charge is -2.11. The number of hydrogen-bond donors (Lipinski definition) is 0. The van der Waals surface area contributed by atoms with Crippen LogP contribution >= 0.6 is 0 Å². The van der Waals surface area contributed by atoms with Crippen molar-refractivity contribution >= 4 is 23.5 Å². The number of nitrogens with zero attached hydrogens (tertiary/aromatic N) is 1. The summed E-state index contributed by atoms with van der Waals surface area (Å²) in [6.07, 6.45) is 0. The number of pyridine rings is 1. The van der Waals surface area contributed by atoms with Gasteiger partial charge in [0.2, 0.25) is 11.6 Å². The van der Waals surface area contributed by atoms with Gasteiger partial charge in [0.25, 0.3) is 0 Å². The van der Waals surface area contributed by atoms with Crippen molar-refractivity contribution in [2.24, 2.45) is 0 Å². The monoisotopic (exact) mass is 523 g/mol. The molecular formula is C27H25NO10. The smallest absolute Gasteiger partial charge is 0.357 e. The molecule has 3 aromatic rings. The molecule has 0 fully saturated rings. The minimum Gasteiger partial charge on any atom is -0.497 e. The third-order valence-corrected chi connectivity index (χ3v) is 5.25. The molecule has 0 saturated carbocycles. The molecule has 0 amide bonds. The van der Waals surface area contributed by atoms with E-state index in [2.05, 4.69) is 4.98 Å². The third kappa shape index (κ3) is 6.64. The van der Waals surface area contributed by atoms with Crippen molar-refractivity contribution in [3.05, 3.63) is 77.1 Å². The summed E-state index contributed by atoms with van der Waals surface area (Å²) in [6.45, 7) is -1.20. The van der Waals surface area contributed by atoms with Crippen LogP contribution < -0.4 is 18.9 Å². The van der Waals surface area contributed by atoms with Crippen LogP contribution in [0.5, 0.6) is 23.0 Å². The predicted octanol–water partition coefficient (Wildman–Crippen LogP) is 3.20. The van der Waals surface area contributed by atoms with Crippen LogP contribution in [0.3, 0.4) is 0 Å². The van der Waals surface area contributed by atoms with E-state index >= 15 is 0 Å². The second-order valence-electron chi connectivity index (χ2n) is 7.54. The molecule has 0 radical (unpaired) electrons. The second kappa shape index (κ2) is 12.9. The summed E-state index contributed by atoms with van der Waals surface area (Å²) in [7, 11) is 5.70. The maximum Gasteiger partial charge on any atom is 0.357 e. The van der Waals surface area contributed by atoms with Gasteiger partial charge in [-0.2, -0.15) is 0 Å². The van der Waals surface area contributed by atoms with Crippen LogP contribution in [0.1, 0.15) is 41.7 Å². The highest BCUT2D eigenvalue weighted by Gasteiger charge is 2.20. The molecule has 0 N–H and O–H groups in total. The summed E-state index contributed by atoms with van der Waals surface area (Å²) in [5, 5.41) is 0. The minimum absolute atomic E-state index is 0.169. The van der Waals surface area contributed by atoms with E-state index in [4.69, 9.17) is 28.4 Å². The molecular weight excluding hydrogens is 498 g/mol. The first-order valence-corrected chi connectivity index (χ1v) is 11.1. The fraction of sp³-hybridized carbons (Fsp3) is 0.222. The number of methoxy groups -OCH3 is 4. The Morgan fingerprint density at radius 3 is 1.39 bits per heavy atom. The molecule has 38 heavy (non-hydrogen) atoms. The van der Waals surface area contributed by atoms with Gasteiger partial charge in [0, 0.05) is 0 Å². The second-order valence-corrected chi connectivity index (χ2v) is 7.54. The van der Waals surface area contributed by atoms with E-state index in [0.717, 1.165) is 0 Å². The van der Waals surface area contributed by atoms with Crippen LogP contribution in [0.4, 0.5) is 0 Å². The van der Waals surface area contributed by atoms with E-state index in [1.165, 1.54) is 58.8 Å². The highest BCUT2D eigenvalue weighted by Crippen LogP contribution is 2.25. The quantitative estimate of drug-likeness (QED) is 0.256. The third-order valence-electron chi connectivity index (χ3n) is 5.25. The number of aromatic nitrogens is 1. The van der Waals surface area contributed by atoms with Gasteiger partial charge in [-0.25, -0.2) is 14.6 Å². The molecule has 0 unspecified atom stereocenters. The number of carbonyl (C=O) groups excluding carboxylic acids is 4. The zero-order valence-corrected chi connectivity index (χ0v) is 21.1. The molecule has 1 aromatic heterocycles. The number of hydrogen-bond acceptors (Lipinski definition) is 11. The average Bonchev–Trinajstić information content (AvgIpc) is 2.97. The Balaban J connectivity index is 1.63. The first-order valence-electron chi connectivity index (χ1n) is 11.1. The van der Waals surface area contributed by atoms with Gasteiger partial charge in [-0.05, 0) is 48.5 Å². The van der Waals surface area contributed by atoms with Crippen LogP contribution in [-0.2, 0) is 9.47 Å². The molecule has 0 bridgehead atoms. The molecule has 0 saturated heterocycles. The fourth-order valence-electron chi connectivity index (χ4n) is 3.29. The number of benzene rings is 2. The number of ketones is 2. The lowest BCUT2D eigenvalue weighted by atomic mass is 10.1. The van der Waals surface area contributed by atoms with Crippen molar-refractivity contribution in [2.45, 2.75) is 0 Å². The summed E-state index contributed by atoms with van der Waals surface area (Å²) in [4.78, 5) is 54.1. The molecule has 198 valence electrons. The van der Waals surface area contributed by atoms with Gasteiger partial charge in [0.1, 0.15) is 34.4 Å². The number of ether oxygens (including phenoxy) is 6. The molecule has 0 aliphatic heterocycles. The average molecular weight is 523 g/mol. The van der Waals surface area contributed by atoms with E-state index in [0.29, 0.717) is 11.5 Å². The first-order chi connectivity index (χ1) is 18.3. The largest absolute Gasteiger partial charge is 0.497 e. The van der Waals surface area contributed by atoms with Crippen molar-refractivity contribution in [3.8, 4) is 23.0 Å². The van der Waals surface area contributed by atoms with Gasteiger partial charge in [-0.15, -0.1) is 0 Å². The SMILES string of the molecule is COc1ccc(OC)c(C(=O)COC(=O)c2cccc(C(=O)OCC(=O)c3cc(OC)ccc3OC)n2)c1.